The summed E-state index contributed by atoms with van der Waals surface area (Å²) in [6.45, 7) is 4.28. The number of amides is 1. The molecule has 9 nitrogen and oxygen atoms in total. The number of benzene rings is 2. The summed E-state index contributed by atoms with van der Waals surface area (Å²) in [7, 11) is 3.14. The Bertz CT molecular complexity index is 1660. The molecule has 214 valence electrons. The smallest absolute Gasteiger partial charge is 0.267 e. The molecule has 0 aliphatic heterocycles. The zero-order valence-corrected chi connectivity index (χ0v) is 25.1. The number of methoxy groups -OCH3 is 2. The van der Waals surface area contributed by atoms with Gasteiger partial charge >= 0.3 is 0 Å². The highest BCUT2D eigenvalue weighted by atomic mass is 32.2. The number of fused-ring (bicyclic) bond motifs is 3. The van der Waals surface area contributed by atoms with Crippen molar-refractivity contribution < 1.29 is 19.0 Å². The average molecular weight is 593 g/mol. The van der Waals surface area contributed by atoms with Crippen molar-refractivity contribution in [2.75, 3.05) is 26.6 Å². The summed E-state index contributed by atoms with van der Waals surface area (Å²) in [6.07, 6.45) is 4.06. The minimum Gasteiger partial charge on any atom is -0.494 e. The normalized spacial score (nSPS) is 13.1. The molecule has 2 heterocycles. The van der Waals surface area contributed by atoms with Crippen molar-refractivity contribution in [3.05, 3.63) is 68.8 Å². The van der Waals surface area contributed by atoms with Crippen LogP contribution in [0.15, 0.2) is 57.5 Å². The monoisotopic (exact) mass is 592 g/mol. The fourth-order valence-electron chi connectivity index (χ4n) is 4.80. The van der Waals surface area contributed by atoms with E-state index in [9.17, 15) is 9.59 Å². The minimum absolute atomic E-state index is 0.0305. The minimum atomic E-state index is -0.312. The van der Waals surface area contributed by atoms with Gasteiger partial charge in [-0.1, -0.05) is 11.8 Å². The molecule has 0 spiro atoms. The predicted octanol–water partition coefficient (Wildman–Crippen LogP) is 5.37. The van der Waals surface area contributed by atoms with Crippen molar-refractivity contribution in [2.45, 2.75) is 44.7 Å². The van der Waals surface area contributed by atoms with Gasteiger partial charge in [0.25, 0.3) is 11.5 Å². The first-order valence-electron chi connectivity index (χ1n) is 13.4. The predicted molar refractivity (Wildman–Crippen MR) is 164 cm³/mol. The Hall–Kier alpha value is -3.83. The molecule has 0 bridgehead atoms. The quantitative estimate of drug-likeness (QED) is 0.114. The summed E-state index contributed by atoms with van der Waals surface area (Å²) >= 11 is 2.80. The van der Waals surface area contributed by atoms with Gasteiger partial charge < -0.3 is 14.2 Å². The molecule has 1 amide bonds. The number of aryl methyl sites for hydroxylation is 2. The molecule has 0 atom stereocenters. The van der Waals surface area contributed by atoms with Crippen LogP contribution in [0.3, 0.4) is 0 Å². The van der Waals surface area contributed by atoms with Crippen molar-refractivity contribution in [3.8, 4) is 22.9 Å². The molecule has 2 aromatic carbocycles. The number of thioether (sulfide) groups is 1. The number of carbonyl (C=O) groups excluding carboxylic acids is 1. The van der Waals surface area contributed by atoms with Gasteiger partial charge in [0.15, 0.2) is 16.7 Å². The summed E-state index contributed by atoms with van der Waals surface area (Å²) in [5, 5.41) is 5.42. The first kappa shape index (κ1) is 28.7. The molecule has 41 heavy (non-hydrogen) atoms. The lowest BCUT2D eigenvalue weighted by molar-refractivity contribution is -0.118. The van der Waals surface area contributed by atoms with Crippen LogP contribution in [0.1, 0.15) is 42.7 Å². The molecule has 5 rings (SSSR count). The van der Waals surface area contributed by atoms with Gasteiger partial charge in [-0.3, -0.25) is 14.2 Å². The fourth-order valence-corrected chi connectivity index (χ4v) is 6.91. The Morgan fingerprint density at radius 3 is 2.59 bits per heavy atom. The first-order chi connectivity index (χ1) is 19.9. The lowest BCUT2D eigenvalue weighted by Gasteiger charge is -2.14. The molecular formula is C30H32N4O5S2. The molecule has 11 heteroatoms. The lowest BCUT2D eigenvalue weighted by atomic mass is 9.97. The molecule has 0 saturated carbocycles. The Morgan fingerprint density at radius 1 is 1.10 bits per heavy atom. The molecule has 1 aliphatic rings. The topological polar surface area (TPSA) is 104 Å². The number of hydrogen-bond donors (Lipinski definition) is 1. The third kappa shape index (κ3) is 6.11. The maximum atomic E-state index is 14.0. The number of nitrogens with zero attached hydrogens (tertiary/aromatic N) is 3. The molecule has 4 aromatic rings. The van der Waals surface area contributed by atoms with E-state index in [2.05, 4.69) is 10.5 Å². The second-order valence-corrected chi connectivity index (χ2v) is 11.5. The van der Waals surface area contributed by atoms with Crippen molar-refractivity contribution >= 4 is 44.9 Å². The van der Waals surface area contributed by atoms with Crippen molar-refractivity contribution in [3.63, 3.8) is 0 Å². The van der Waals surface area contributed by atoms with Crippen LogP contribution in [-0.4, -0.2) is 47.7 Å². The van der Waals surface area contributed by atoms with Crippen molar-refractivity contribution in [1.29, 1.82) is 0 Å². The largest absolute Gasteiger partial charge is 0.494 e. The van der Waals surface area contributed by atoms with E-state index in [4.69, 9.17) is 19.2 Å². The van der Waals surface area contributed by atoms with E-state index in [0.717, 1.165) is 47.4 Å². The van der Waals surface area contributed by atoms with Crippen LogP contribution in [-0.2, 0) is 17.6 Å². The number of rotatable bonds is 10. The number of hydrogen-bond acceptors (Lipinski definition) is 9. The first-order valence-corrected chi connectivity index (χ1v) is 15.2. The van der Waals surface area contributed by atoms with E-state index in [1.165, 1.54) is 16.6 Å². The number of ether oxygens (including phenoxy) is 3. The van der Waals surface area contributed by atoms with Crippen LogP contribution in [0, 0.1) is 0 Å². The van der Waals surface area contributed by atoms with Gasteiger partial charge in [0.1, 0.15) is 10.6 Å². The van der Waals surface area contributed by atoms with E-state index in [-0.39, 0.29) is 17.2 Å². The highest BCUT2D eigenvalue weighted by Crippen LogP contribution is 2.35. The second kappa shape index (κ2) is 12.8. The van der Waals surface area contributed by atoms with Crippen LogP contribution < -0.4 is 25.2 Å². The summed E-state index contributed by atoms with van der Waals surface area (Å²) in [5.74, 6) is 1.63. The molecule has 1 N–H and O–H groups in total. The SMILES string of the molecule is CCOc1ccc(-n2c(SCC(=O)NN=C(C)c3ccc(OC)c(OC)c3)nc3sc4c(c3c2=O)CCCC4)cc1. The Morgan fingerprint density at radius 2 is 1.85 bits per heavy atom. The summed E-state index contributed by atoms with van der Waals surface area (Å²) < 4.78 is 17.8. The molecule has 0 saturated heterocycles. The van der Waals surface area contributed by atoms with Crippen LogP contribution in [0.5, 0.6) is 17.2 Å². The van der Waals surface area contributed by atoms with E-state index >= 15 is 0 Å². The maximum absolute atomic E-state index is 14.0. The number of thiophene rings is 1. The van der Waals surface area contributed by atoms with Gasteiger partial charge in [0, 0.05) is 10.4 Å². The number of hydrazone groups is 1. The summed E-state index contributed by atoms with van der Waals surface area (Å²) in [4.78, 5) is 33.7. The van der Waals surface area contributed by atoms with Crippen LogP contribution in [0.4, 0.5) is 0 Å². The molecule has 0 radical (unpaired) electrons. The van der Waals surface area contributed by atoms with Crippen molar-refractivity contribution in [1.82, 2.24) is 15.0 Å². The Labute approximate surface area is 246 Å². The zero-order chi connectivity index (χ0) is 28.9. The summed E-state index contributed by atoms with van der Waals surface area (Å²) in [5.41, 5.74) is 5.71. The van der Waals surface area contributed by atoms with Gasteiger partial charge in [-0.25, -0.2) is 10.4 Å². The third-order valence-electron chi connectivity index (χ3n) is 6.85. The standard InChI is InChI=1S/C30H32N4O5S2/c1-5-39-21-13-11-20(12-14-21)34-29(36)27-22-8-6-7-9-25(22)41-28(27)31-30(34)40-17-26(35)33-32-18(2)19-10-15-23(37-3)24(16-19)38-4/h10-16H,5-9,17H2,1-4H3,(H,33,35). The highest BCUT2D eigenvalue weighted by molar-refractivity contribution is 7.99. The van der Waals surface area contributed by atoms with Crippen LogP contribution in [0.2, 0.25) is 0 Å². The van der Waals surface area contributed by atoms with E-state index in [1.807, 2.05) is 37.3 Å². The van der Waals surface area contributed by atoms with E-state index in [1.54, 1.807) is 49.2 Å². The molecular weight excluding hydrogens is 560 g/mol. The van der Waals surface area contributed by atoms with Gasteiger partial charge in [0.05, 0.1) is 43.4 Å². The highest BCUT2D eigenvalue weighted by Gasteiger charge is 2.23. The van der Waals surface area contributed by atoms with Gasteiger partial charge in [-0.2, -0.15) is 5.10 Å². The molecule has 1 aliphatic carbocycles. The Kier molecular flexibility index (Phi) is 8.94. The molecule has 0 fully saturated rings. The molecule has 2 aromatic heterocycles. The number of nitrogens with one attached hydrogen (secondary N) is 1. The maximum Gasteiger partial charge on any atom is 0.267 e. The van der Waals surface area contributed by atoms with Crippen molar-refractivity contribution in [2.24, 2.45) is 5.10 Å². The van der Waals surface area contributed by atoms with Gasteiger partial charge in [0.2, 0.25) is 0 Å². The second-order valence-electron chi connectivity index (χ2n) is 9.44. The average Bonchev–Trinajstić information content (AvgIpc) is 3.38. The molecule has 0 unspecified atom stereocenters. The van der Waals surface area contributed by atoms with E-state index < -0.39 is 0 Å². The van der Waals surface area contributed by atoms with Crippen LogP contribution >= 0.6 is 23.1 Å². The third-order valence-corrected chi connectivity index (χ3v) is 8.97. The number of aromatic nitrogens is 2. The summed E-state index contributed by atoms with van der Waals surface area (Å²) in [6, 6.07) is 12.8. The van der Waals surface area contributed by atoms with E-state index in [0.29, 0.717) is 40.0 Å². The lowest BCUT2D eigenvalue weighted by Crippen LogP contribution is -2.24. The van der Waals surface area contributed by atoms with Gasteiger partial charge in [-0.05, 0) is 87.6 Å². The Balaban J connectivity index is 1.41. The number of carbonyl (C=O) groups is 1. The fraction of sp³-hybridized carbons (Fsp3) is 0.333. The van der Waals surface area contributed by atoms with Crippen LogP contribution in [0.25, 0.3) is 15.9 Å². The van der Waals surface area contributed by atoms with Gasteiger partial charge in [-0.15, -0.1) is 11.3 Å². The zero-order valence-electron chi connectivity index (χ0n) is 23.5.